The number of ketones is 2. The fourth-order valence-electron chi connectivity index (χ4n) is 1.92. The summed E-state index contributed by atoms with van der Waals surface area (Å²) in [4.78, 5) is 35.0. The normalized spacial score (nSPS) is 24.5. The summed E-state index contributed by atoms with van der Waals surface area (Å²) in [5, 5.41) is 11.6. The molecule has 19 heavy (non-hydrogen) atoms. The lowest BCUT2D eigenvalue weighted by atomic mass is 10.0. The van der Waals surface area contributed by atoms with Gasteiger partial charge in [0.25, 0.3) is 5.91 Å². The first kappa shape index (κ1) is 11.6. The number of aromatic hydroxyl groups is 1. The highest BCUT2D eigenvalue weighted by molar-refractivity contribution is 6.17. The lowest BCUT2D eigenvalue weighted by molar-refractivity contribution is -0.119. The molecule has 1 heterocycles. The number of ether oxygens (including phenoxy) is 1. The maximum absolute atomic E-state index is 11.9. The number of carbonyl (C=O) groups is 3. The summed E-state index contributed by atoms with van der Waals surface area (Å²) in [6, 6.07) is 5.68. The van der Waals surface area contributed by atoms with E-state index in [1.54, 1.807) is 0 Å². The molecule has 1 fully saturated rings. The molecule has 0 unspecified atom stereocenters. The summed E-state index contributed by atoms with van der Waals surface area (Å²) >= 11 is 0. The maximum Gasteiger partial charge on any atom is 0.255 e. The number of epoxide rings is 1. The number of hydrogen-bond acceptors (Lipinski definition) is 5. The number of amides is 1. The molecule has 1 aromatic carbocycles. The minimum Gasteiger partial charge on any atom is -0.508 e. The van der Waals surface area contributed by atoms with Crippen molar-refractivity contribution < 1.29 is 24.2 Å². The SMILES string of the molecule is O=C(NC1=CC(=O)[C@H]2O[C@@H]2C1=O)c1cccc(O)c1. The number of rotatable bonds is 2. The van der Waals surface area contributed by atoms with Crippen molar-refractivity contribution in [2.24, 2.45) is 0 Å². The molecule has 96 valence electrons. The van der Waals surface area contributed by atoms with Crippen LogP contribution < -0.4 is 5.32 Å². The summed E-state index contributed by atoms with van der Waals surface area (Å²) in [5.74, 6) is -1.35. The molecule has 6 nitrogen and oxygen atoms in total. The summed E-state index contributed by atoms with van der Waals surface area (Å²) in [6.07, 6.45) is -0.345. The molecule has 2 aliphatic rings. The molecule has 3 rings (SSSR count). The fourth-order valence-corrected chi connectivity index (χ4v) is 1.92. The molecule has 1 aromatic rings. The van der Waals surface area contributed by atoms with Gasteiger partial charge in [-0.05, 0) is 18.2 Å². The number of carbonyl (C=O) groups excluding carboxylic acids is 3. The lowest BCUT2D eigenvalue weighted by Gasteiger charge is -2.10. The number of phenolic OH excluding ortho intramolecular Hbond substituents is 1. The van der Waals surface area contributed by atoms with Crippen LogP contribution in [0.4, 0.5) is 0 Å². The fraction of sp³-hybridized carbons (Fsp3) is 0.154. The molecule has 0 spiro atoms. The van der Waals surface area contributed by atoms with E-state index in [1.807, 2.05) is 0 Å². The number of Topliss-reactive ketones (excluding diaryl/α,β-unsaturated/α-hetero) is 1. The lowest BCUT2D eigenvalue weighted by Crippen LogP contribution is -2.34. The van der Waals surface area contributed by atoms with E-state index in [-0.39, 0.29) is 22.8 Å². The predicted molar refractivity (Wildman–Crippen MR) is 62.3 cm³/mol. The number of fused-ring (bicyclic) bond motifs is 1. The Morgan fingerprint density at radius 3 is 2.79 bits per heavy atom. The van der Waals surface area contributed by atoms with Gasteiger partial charge in [-0.25, -0.2) is 0 Å². The van der Waals surface area contributed by atoms with Gasteiger partial charge in [-0.3, -0.25) is 14.4 Å². The molecule has 1 aliphatic carbocycles. The first-order valence-corrected chi connectivity index (χ1v) is 5.62. The molecule has 0 radical (unpaired) electrons. The smallest absolute Gasteiger partial charge is 0.255 e. The van der Waals surface area contributed by atoms with Gasteiger partial charge in [0.2, 0.25) is 5.78 Å². The van der Waals surface area contributed by atoms with E-state index in [1.165, 1.54) is 24.3 Å². The average molecular weight is 259 g/mol. The van der Waals surface area contributed by atoms with Crippen molar-refractivity contribution >= 4 is 17.5 Å². The Labute approximate surface area is 107 Å². The third-order valence-corrected chi connectivity index (χ3v) is 2.94. The van der Waals surface area contributed by atoms with Crippen LogP contribution in [0.3, 0.4) is 0 Å². The first-order chi connectivity index (χ1) is 9.06. The zero-order valence-electron chi connectivity index (χ0n) is 9.62. The molecule has 1 saturated heterocycles. The Bertz CT molecular complexity index is 634. The second-order valence-corrected chi connectivity index (χ2v) is 4.31. The molecule has 2 N–H and O–H groups in total. The Kier molecular flexibility index (Phi) is 2.46. The summed E-state index contributed by atoms with van der Waals surface area (Å²) < 4.78 is 4.90. The monoisotopic (exact) mass is 259 g/mol. The van der Waals surface area contributed by atoms with Crippen molar-refractivity contribution in [3.63, 3.8) is 0 Å². The van der Waals surface area contributed by atoms with Gasteiger partial charge in [0.05, 0.1) is 5.70 Å². The van der Waals surface area contributed by atoms with Crippen LogP contribution in [0.25, 0.3) is 0 Å². The Morgan fingerprint density at radius 1 is 1.26 bits per heavy atom. The van der Waals surface area contributed by atoms with Gasteiger partial charge in [0.15, 0.2) is 18.0 Å². The highest BCUT2D eigenvalue weighted by Crippen LogP contribution is 2.30. The van der Waals surface area contributed by atoms with Crippen LogP contribution in [0.1, 0.15) is 10.4 Å². The highest BCUT2D eigenvalue weighted by atomic mass is 16.6. The van der Waals surface area contributed by atoms with Crippen molar-refractivity contribution in [1.29, 1.82) is 0 Å². The largest absolute Gasteiger partial charge is 0.508 e. The molecule has 0 saturated carbocycles. The van der Waals surface area contributed by atoms with Gasteiger partial charge in [-0.1, -0.05) is 6.07 Å². The minimum absolute atomic E-state index is 0.0572. The predicted octanol–water partition coefficient (Wildman–Crippen LogP) is -0.0749. The summed E-state index contributed by atoms with van der Waals surface area (Å²) in [6.45, 7) is 0. The molecule has 2 atom stereocenters. The second-order valence-electron chi connectivity index (χ2n) is 4.31. The van der Waals surface area contributed by atoms with Crippen LogP contribution in [0.15, 0.2) is 36.0 Å². The van der Waals surface area contributed by atoms with Crippen LogP contribution in [-0.4, -0.2) is 34.8 Å². The topological polar surface area (TPSA) is 96.0 Å². The third kappa shape index (κ3) is 2.02. The standard InChI is InChI=1S/C13H9NO5/c15-7-3-1-2-6(4-7)13(18)14-8-5-9(16)11-12(19-11)10(8)17/h1-5,11-12,15H,(H,14,18)/t11-,12-/m1/s1. The summed E-state index contributed by atoms with van der Waals surface area (Å²) in [5.41, 5.74) is 0.122. The number of hydrogen-bond donors (Lipinski definition) is 2. The van der Waals surface area contributed by atoms with E-state index in [4.69, 9.17) is 4.74 Å². The minimum atomic E-state index is -0.753. The van der Waals surface area contributed by atoms with Gasteiger partial charge in [-0.15, -0.1) is 0 Å². The zero-order chi connectivity index (χ0) is 13.6. The van der Waals surface area contributed by atoms with Gasteiger partial charge in [0, 0.05) is 11.6 Å². The van der Waals surface area contributed by atoms with E-state index < -0.39 is 23.9 Å². The Morgan fingerprint density at radius 2 is 2.05 bits per heavy atom. The van der Waals surface area contributed by atoms with E-state index >= 15 is 0 Å². The van der Waals surface area contributed by atoms with Crippen LogP contribution in [0.5, 0.6) is 5.75 Å². The molecule has 6 heteroatoms. The van der Waals surface area contributed by atoms with E-state index in [9.17, 15) is 19.5 Å². The molecule has 0 bridgehead atoms. The number of phenols is 1. The first-order valence-electron chi connectivity index (χ1n) is 5.62. The average Bonchev–Trinajstić information content (AvgIpc) is 3.16. The maximum atomic E-state index is 11.9. The van der Waals surface area contributed by atoms with Gasteiger partial charge in [0.1, 0.15) is 5.75 Å². The van der Waals surface area contributed by atoms with E-state index in [2.05, 4.69) is 5.32 Å². The van der Waals surface area contributed by atoms with Crippen molar-refractivity contribution in [3.8, 4) is 5.75 Å². The molecular formula is C13H9NO5. The quantitative estimate of drug-likeness (QED) is 0.724. The Balaban J connectivity index is 1.80. The van der Waals surface area contributed by atoms with Gasteiger partial charge >= 0.3 is 0 Å². The van der Waals surface area contributed by atoms with Crippen molar-refractivity contribution in [2.75, 3.05) is 0 Å². The van der Waals surface area contributed by atoms with Gasteiger partial charge in [-0.2, -0.15) is 0 Å². The molecular weight excluding hydrogens is 250 g/mol. The number of nitrogens with one attached hydrogen (secondary N) is 1. The highest BCUT2D eigenvalue weighted by Gasteiger charge is 2.53. The van der Waals surface area contributed by atoms with Gasteiger partial charge < -0.3 is 15.2 Å². The number of benzene rings is 1. The van der Waals surface area contributed by atoms with Crippen molar-refractivity contribution in [2.45, 2.75) is 12.2 Å². The van der Waals surface area contributed by atoms with Crippen LogP contribution in [0.2, 0.25) is 0 Å². The van der Waals surface area contributed by atoms with E-state index in [0.29, 0.717) is 0 Å². The van der Waals surface area contributed by atoms with Crippen LogP contribution >= 0.6 is 0 Å². The van der Waals surface area contributed by atoms with Crippen LogP contribution in [0, 0.1) is 0 Å². The molecule has 0 aromatic heterocycles. The van der Waals surface area contributed by atoms with Crippen molar-refractivity contribution in [3.05, 3.63) is 41.6 Å². The zero-order valence-corrected chi connectivity index (χ0v) is 9.62. The summed E-state index contributed by atoms with van der Waals surface area (Å²) in [7, 11) is 0. The van der Waals surface area contributed by atoms with Crippen LogP contribution in [-0.2, 0) is 14.3 Å². The van der Waals surface area contributed by atoms with E-state index in [0.717, 1.165) is 6.08 Å². The molecule has 1 aliphatic heterocycles. The Hall–Kier alpha value is -2.47. The third-order valence-electron chi connectivity index (χ3n) is 2.94. The second kappa shape index (κ2) is 4.03. The van der Waals surface area contributed by atoms with Crippen molar-refractivity contribution in [1.82, 2.24) is 5.32 Å². The molecule has 1 amide bonds.